The van der Waals surface area contributed by atoms with Gasteiger partial charge < -0.3 is 16.4 Å². The van der Waals surface area contributed by atoms with Gasteiger partial charge >= 0.3 is 5.69 Å². The number of hydrogen-bond donors (Lipinski definition) is 2. The third-order valence-corrected chi connectivity index (χ3v) is 3.69. The molecule has 0 saturated carbocycles. The lowest BCUT2D eigenvalue weighted by atomic mass is 10.0. The van der Waals surface area contributed by atoms with Gasteiger partial charge in [0.15, 0.2) is 5.82 Å². The highest BCUT2D eigenvalue weighted by Crippen LogP contribution is 2.34. The molecule has 2 heterocycles. The summed E-state index contributed by atoms with van der Waals surface area (Å²) < 4.78 is 3.00. The lowest BCUT2D eigenvalue weighted by Crippen LogP contribution is -2.33. The number of nitrogens with two attached hydrogens (primary N) is 2. The summed E-state index contributed by atoms with van der Waals surface area (Å²) in [4.78, 5) is 14.3. The normalized spacial score (nSPS) is 14.9. The number of aromatic nitrogens is 3. The quantitative estimate of drug-likeness (QED) is 0.768. The third kappa shape index (κ3) is 1.67. The number of benzene rings is 1. The van der Waals surface area contributed by atoms with E-state index in [9.17, 15) is 4.79 Å². The van der Waals surface area contributed by atoms with Crippen LogP contribution in [-0.2, 0) is 13.6 Å². The standard InChI is InChI=1S/C13H18N6O/c1-17-7-11-16-18(2)13(20)19(11)10-5-3-4-8(12(10)17)9(15)6-14/h3-5,9H,6-7,14-15H2,1-2H3. The topological polar surface area (TPSA) is 95.1 Å². The molecule has 0 bridgehead atoms. The van der Waals surface area contributed by atoms with Crippen LogP contribution in [0.15, 0.2) is 23.0 Å². The van der Waals surface area contributed by atoms with Crippen LogP contribution in [0.1, 0.15) is 17.4 Å². The highest BCUT2D eigenvalue weighted by atomic mass is 16.2. The molecule has 0 radical (unpaired) electrons. The molecule has 106 valence electrons. The van der Waals surface area contributed by atoms with E-state index in [2.05, 4.69) is 10.00 Å². The Hall–Kier alpha value is -2.12. The van der Waals surface area contributed by atoms with Crippen LogP contribution in [0, 0.1) is 0 Å². The van der Waals surface area contributed by atoms with Crippen LogP contribution >= 0.6 is 0 Å². The summed E-state index contributed by atoms with van der Waals surface area (Å²) in [5.74, 6) is 0.728. The number of fused-ring (bicyclic) bond motifs is 3. The van der Waals surface area contributed by atoms with Crippen LogP contribution in [0.2, 0.25) is 0 Å². The fourth-order valence-corrected chi connectivity index (χ4v) is 2.72. The van der Waals surface area contributed by atoms with Crippen LogP contribution in [0.25, 0.3) is 5.69 Å². The Kier molecular flexibility index (Phi) is 2.88. The molecule has 1 aromatic carbocycles. The molecule has 1 aliphatic heterocycles. The highest BCUT2D eigenvalue weighted by molar-refractivity contribution is 5.70. The Morgan fingerprint density at radius 1 is 1.40 bits per heavy atom. The Bertz CT molecular complexity index is 716. The van der Waals surface area contributed by atoms with E-state index in [1.165, 1.54) is 4.68 Å². The Balaban J connectivity index is 2.31. The van der Waals surface area contributed by atoms with Crippen molar-refractivity contribution in [1.29, 1.82) is 0 Å². The number of para-hydroxylation sites is 1. The minimum Gasteiger partial charge on any atom is -0.365 e. The van der Waals surface area contributed by atoms with E-state index in [-0.39, 0.29) is 11.7 Å². The van der Waals surface area contributed by atoms with Crippen LogP contribution in [0.5, 0.6) is 0 Å². The van der Waals surface area contributed by atoms with Crippen LogP contribution < -0.4 is 22.1 Å². The predicted molar refractivity (Wildman–Crippen MR) is 76.9 cm³/mol. The van der Waals surface area contributed by atoms with E-state index in [4.69, 9.17) is 11.5 Å². The van der Waals surface area contributed by atoms with Crippen LogP contribution in [0.3, 0.4) is 0 Å². The molecule has 0 spiro atoms. The minimum absolute atomic E-state index is 0.146. The van der Waals surface area contributed by atoms with Crippen molar-refractivity contribution in [2.45, 2.75) is 12.6 Å². The molecule has 4 N–H and O–H groups in total. The second-order valence-electron chi connectivity index (χ2n) is 5.07. The van der Waals surface area contributed by atoms with Gasteiger partial charge in [0.25, 0.3) is 0 Å². The first-order valence-electron chi connectivity index (χ1n) is 6.49. The van der Waals surface area contributed by atoms with Gasteiger partial charge in [-0.15, -0.1) is 0 Å². The van der Waals surface area contributed by atoms with E-state index >= 15 is 0 Å². The zero-order chi connectivity index (χ0) is 14.4. The van der Waals surface area contributed by atoms with Crippen molar-refractivity contribution in [3.8, 4) is 5.69 Å². The first kappa shape index (κ1) is 12.9. The van der Waals surface area contributed by atoms with Crippen molar-refractivity contribution >= 4 is 5.69 Å². The summed E-state index contributed by atoms with van der Waals surface area (Å²) in [6.45, 7) is 0.927. The Morgan fingerprint density at radius 3 is 2.85 bits per heavy atom. The molecule has 0 saturated heterocycles. The maximum absolute atomic E-state index is 12.2. The summed E-state index contributed by atoms with van der Waals surface area (Å²) in [5.41, 5.74) is 14.3. The van der Waals surface area contributed by atoms with Crippen LogP contribution in [-0.4, -0.2) is 27.9 Å². The molecule has 1 unspecified atom stereocenters. The smallest absolute Gasteiger partial charge is 0.350 e. The molecule has 2 aromatic rings. The van der Waals surface area contributed by atoms with Crippen molar-refractivity contribution in [2.24, 2.45) is 18.5 Å². The van der Waals surface area contributed by atoms with Gasteiger partial charge in [-0.3, -0.25) is 0 Å². The summed E-state index contributed by atoms with van der Waals surface area (Å²) in [7, 11) is 3.62. The average molecular weight is 274 g/mol. The van der Waals surface area contributed by atoms with Gasteiger partial charge in [-0.2, -0.15) is 5.10 Å². The average Bonchev–Trinajstić information content (AvgIpc) is 2.72. The number of aryl methyl sites for hydroxylation is 1. The molecular weight excluding hydrogens is 256 g/mol. The molecule has 1 aliphatic rings. The molecule has 1 aromatic heterocycles. The number of anilines is 1. The second kappa shape index (κ2) is 4.46. The lowest BCUT2D eigenvalue weighted by Gasteiger charge is -2.31. The Labute approximate surface area is 116 Å². The zero-order valence-corrected chi connectivity index (χ0v) is 11.6. The van der Waals surface area contributed by atoms with Gasteiger partial charge in [-0.05, 0) is 11.6 Å². The van der Waals surface area contributed by atoms with Gasteiger partial charge in [0.2, 0.25) is 0 Å². The summed E-state index contributed by atoms with van der Waals surface area (Å²) >= 11 is 0. The molecule has 1 atom stereocenters. The molecule has 7 heteroatoms. The maximum Gasteiger partial charge on any atom is 0.350 e. The van der Waals surface area contributed by atoms with Crippen molar-refractivity contribution in [2.75, 3.05) is 18.5 Å². The summed E-state index contributed by atoms with van der Waals surface area (Å²) in [5, 5.41) is 4.26. The van der Waals surface area contributed by atoms with E-state index in [1.54, 1.807) is 11.6 Å². The monoisotopic (exact) mass is 274 g/mol. The van der Waals surface area contributed by atoms with Crippen LogP contribution in [0.4, 0.5) is 5.69 Å². The molecule has 0 aliphatic carbocycles. The van der Waals surface area contributed by atoms with E-state index < -0.39 is 0 Å². The minimum atomic E-state index is -0.249. The van der Waals surface area contributed by atoms with Gasteiger partial charge in [0.1, 0.15) is 0 Å². The largest absolute Gasteiger partial charge is 0.365 e. The first-order valence-corrected chi connectivity index (χ1v) is 6.49. The lowest BCUT2D eigenvalue weighted by molar-refractivity contribution is 0.703. The molecule has 7 nitrogen and oxygen atoms in total. The van der Waals surface area contributed by atoms with Gasteiger partial charge in [-0.25, -0.2) is 14.0 Å². The third-order valence-electron chi connectivity index (χ3n) is 3.69. The summed E-state index contributed by atoms with van der Waals surface area (Å²) in [6.07, 6.45) is 0. The second-order valence-corrected chi connectivity index (χ2v) is 5.07. The maximum atomic E-state index is 12.2. The first-order chi connectivity index (χ1) is 9.54. The number of hydrogen-bond acceptors (Lipinski definition) is 5. The van der Waals surface area contributed by atoms with E-state index in [0.29, 0.717) is 13.1 Å². The highest BCUT2D eigenvalue weighted by Gasteiger charge is 2.27. The van der Waals surface area contributed by atoms with Crippen molar-refractivity contribution < 1.29 is 0 Å². The molecule has 3 rings (SSSR count). The fraction of sp³-hybridized carbons (Fsp3) is 0.385. The van der Waals surface area contributed by atoms with Gasteiger partial charge in [0.05, 0.1) is 17.9 Å². The SMILES string of the molecule is CN1Cc2nn(C)c(=O)n2-c2cccc(C(N)CN)c21. The molecule has 20 heavy (non-hydrogen) atoms. The molecular formula is C13H18N6O. The molecule has 0 amide bonds. The zero-order valence-electron chi connectivity index (χ0n) is 11.6. The fourth-order valence-electron chi connectivity index (χ4n) is 2.72. The summed E-state index contributed by atoms with van der Waals surface area (Å²) in [6, 6.07) is 5.51. The number of nitrogens with zero attached hydrogens (tertiary/aromatic N) is 4. The van der Waals surface area contributed by atoms with Crippen molar-refractivity contribution in [3.05, 3.63) is 40.1 Å². The van der Waals surface area contributed by atoms with Gasteiger partial charge in [-0.1, -0.05) is 12.1 Å². The van der Waals surface area contributed by atoms with Gasteiger partial charge in [0, 0.05) is 26.7 Å². The van der Waals surface area contributed by atoms with Crippen molar-refractivity contribution in [1.82, 2.24) is 14.3 Å². The molecule has 0 fully saturated rings. The van der Waals surface area contributed by atoms with E-state index in [1.807, 2.05) is 25.2 Å². The van der Waals surface area contributed by atoms with E-state index in [0.717, 1.165) is 22.8 Å². The Morgan fingerprint density at radius 2 is 2.15 bits per heavy atom. The number of rotatable bonds is 2. The predicted octanol–water partition coefficient (Wildman–Crippen LogP) is -0.521. The van der Waals surface area contributed by atoms with Crippen molar-refractivity contribution in [3.63, 3.8) is 0 Å².